The largest absolute Gasteiger partial charge is 0.491 e. The van der Waals surface area contributed by atoms with Crippen LogP contribution >= 0.6 is 11.8 Å². The number of furan rings is 1. The molecule has 0 fully saturated rings. The van der Waals surface area contributed by atoms with E-state index in [0.717, 1.165) is 5.69 Å². The Morgan fingerprint density at radius 3 is 2.55 bits per heavy atom. The highest BCUT2D eigenvalue weighted by atomic mass is 32.2. The molecule has 0 radical (unpaired) electrons. The monoisotopic (exact) mass is 411 g/mol. The molecule has 2 heterocycles. The Morgan fingerprint density at radius 2 is 1.83 bits per heavy atom. The van der Waals surface area contributed by atoms with Crippen LogP contribution in [0.25, 0.3) is 17.3 Å². The first-order chi connectivity index (χ1) is 14.2. The molecular weight excluding hydrogens is 393 g/mol. The van der Waals surface area contributed by atoms with Crippen LogP contribution in [0.2, 0.25) is 0 Å². The summed E-state index contributed by atoms with van der Waals surface area (Å²) in [6.07, 6.45) is 0.848. The summed E-state index contributed by atoms with van der Waals surface area (Å²) in [5.74, 6) is 1.71. The second-order valence-corrected chi connectivity index (χ2v) is 7.17. The lowest BCUT2D eigenvalue weighted by molar-refractivity contribution is 0.126. The van der Waals surface area contributed by atoms with Crippen LogP contribution in [0.3, 0.4) is 0 Å². The molecule has 0 aliphatic carbocycles. The van der Waals surface area contributed by atoms with Gasteiger partial charge < -0.3 is 14.3 Å². The van der Waals surface area contributed by atoms with Gasteiger partial charge in [0.25, 0.3) is 0 Å². The summed E-state index contributed by atoms with van der Waals surface area (Å²) in [6.45, 7) is 0.0865. The molecule has 29 heavy (non-hydrogen) atoms. The molecular formula is C21H18FN3O3S. The number of thioether (sulfide) groups is 1. The predicted octanol–water partition coefficient (Wildman–Crippen LogP) is 4.20. The zero-order chi connectivity index (χ0) is 20.1. The summed E-state index contributed by atoms with van der Waals surface area (Å²) in [6, 6.07) is 19.0. The van der Waals surface area contributed by atoms with Crippen molar-refractivity contribution in [2.24, 2.45) is 0 Å². The van der Waals surface area contributed by atoms with E-state index in [0.29, 0.717) is 28.2 Å². The fraction of sp³-hybridized carbons (Fsp3) is 0.143. The first-order valence-corrected chi connectivity index (χ1v) is 9.93. The number of aliphatic hydroxyl groups is 1. The fourth-order valence-corrected chi connectivity index (χ4v) is 3.54. The minimum Gasteiger partial charge on any atom is -0.491 e. The molecule has 2 aromatic heterocycles. The molecule has 0 spiro atoms. The van der Waals surface area contributed by atoms with Crippen LogP contribution < -0.4 is 4.74 Å². The Hall–Kier alpha value is -3.10. The highest BCUT2D eigenvalue weighted by Gasteiger charge is 2.19. The summed E-state index contributed by atoms with van der Waals surface area (Å²) in [4.78, 5) is 0. The molecule has 0 saturated carbocycles. The Morgan fingerprint density at radius 1 is 1.03 bits per heavy atom. The van der Waals surface area contributed by atoms with Crippen LogP contribution in [-0.4, -0.2) is 38.3 Å². The second-order valence-electron chi connectivity index (χ2n) is 6.18. The summed E-state index contributed by atoms with van der Waals surface area (Å²) in [5, 5.41) is 19.4. The van der Waals surface area contributed by atoms with Gasteiger partial charge in [0, 0.05) is 11.4 Å². The molecule has 6 nitrogen and oxygen atoms in total. The first-order valence-electron chi connectivity index (χ1n) is 8.94. The quantitative estimate of drug-likeness (QED) is 0.438. The van der Waals surface area contributed by atoms with Gasteiger partial charge >= 0.3 is 0 Å². The number of hydrogen-bond donors (Lipinski definition) is 1. The van der Waals surface area contributed by atoms with Crippen molar-refractivity contribution in [2.45, 2.75) is 11.3 Å². The standard InChI is InChI=1S/C21H18FN3O3S/c22-15-8-10-18(11-9-15)28-13-17(26)14-29-21-24-23-20(19-7-4-12-27-19)25(21)16-5-2-1-3-6-16/h1-12,17,26H,13-14H2/t17-/m1/s1. The van der Waals surface area contributed by atoms with Crippen molar-refractivity contribution in [3.8, 4) is 23.0 Å². The van der Waals surface area contributed by atoms with E-state index >= 15 is 0 Å². The maximum absolute atomic E-state index is 12.9. The number of rotatable bonds is 8. The number of benzene rings is 2. The fourth-order valence-electron chi connectivity index (χ4n) is 2.68. The molecule has 4 rings (SSSR count). The highest BCUT2D eigenvalue weighted by molar-refractivity contribution is 7.99. The van der Waals surface area contributed by atoms with Crippen LogP contribution in [0.15, 0.2) is 82.6 Å². The van der Waals surface area contributed by atoms with Crippen molar-refractivity contribution < 1.29 is 18.7 Å². The van der Waals surface area contributed by atoms with Gasteiger partial charge in [0.05, 0.1) is 12.4 Å². The summed E-state index contributed by atoms with van der Waals surface area (Å²) < 4.78 is 25.8. The molecule has 8 heteroatoms. The van der Waals surface area contributed by atoms with Gasteiger partial charge in [-0.1, -0.05) is 30.0 Å². The summed E-state index contributed by atoms with van der Waals surface area (Å²) >= 11 is 1.36. The molecule has 0 unspecified atom stereocenters. The van der Waals surface area contributed by atoms with Crippen LogP contribution in [0, 0.1) is 5.82 Å². The van der Waals surface area contributed by atoms with E-state index < -0.39 is 6.10 Å². The minimum absolute atomic E-state index is 0.0865. The predicted molar refractivity (Wildman–Crippen MR) is 108 cm³/mol. The van der Waals surface area contributed by atoms with Crippen molar-refractivity contribution in [3.63, 3.8) is 0 Å². The normalized spacial score (nSPS) is 12.1. The Bertz CT molecular complexity index is 1040. The lowest BCUT2D eigenvalue weighted by Gasteiger charge is -2.13. The van der Waals surface area contributed by atoms with E-state index in [4.69, 9.17) is 9.15 Å². The number of nitrogens with zero attached hydrogens (tertiary/aromatic N) is 3. The third kappa shape index (κ3) is 4.67. The number of aromatic nitrogens is 3. The van der Waals surface area contributed by atoms with E-state index in [-0.39, 0.29) is 12.4 Å². The Labute approximate surface area is 171 Å². The van der Waals surface area contributed by atoms with E-state index in [1.165, 1.54) is 36.0 Å². The molecule has 1 N–H and O–H groups in total. The smallest absolute Gasteiger partial charge is 0.205 e. The van der Waals surface area contributed by atoms with Gasteiger partial charge in [-0.15, -0.1) is 10.2 Å². The maximum Gasteiger partial charge on any atom is 0.205 e. The maximum atomic E-state index is 12.9. The SMILES string of the molecule is O[C@H](COc1ccc(F)cc1)CSc1nnc(-c2ccco2)n1-c1ccccc1. The number of aliphatic hydroxyl groups excluding tert-OH is 1. The number of halogens is 1. The van der Waals surface area contributed by atoms with E-state index in [9.17, 15) is 9.50 Å². The van der Waals surface area contributed by atoms with Crippen molar-refractivity contribution >= 4 is 11.8 Å². The van der Waals surface area contributed by atoms with Crippen molar-refractivity contribution in [3.05, 3.63) is 78.8 Å². The zero-order valence-corrected chi connectivity index (χ0v) is 16.1. The van der Waals surface area contributed by atoms with Gasteiger partial charge in [0.1, 0.15) is 18.2 Å². The van der Waals surface area contributed by atoms with Crippen LogP contribution in [0.4, 0.5) is 4.39 Å². The molecule has 148 valence electrons. The molecule has 0 saturated heterocycles. The second kappa shape index (κ2) is 8.93. The minimum atomic E-state index is -0.738. The van der Waals surface area contributed by atoms with Crippen LogP contribution in [0.1, 0.15) is 0 Å². The van der Waals surface area contributed by atoms with Gasteiger partial charge in [0.15, 0.2) is 10.9 Å². The summed E-state index contributed by atoms with van der Waals surface area (Å²) in [5.41, 5.74) is 0.892. The number of para-hydroxylation sites is 1. The molecule has 4 aromatic rings. The average Bonchev–Trinajstić information content (AvgIpc) is 3.42. The van der Waals surface area contributed by atoms with Crippen molar-refractivity contribution in [1.82, 2.24) is 14.8 Å². The molecule has 0 aliphatic heterocycles. The lowest BCUT2D eigenvalue weighted by atomic mass is 10.3. The number of hydrogen-bond acceptors (Lipinski definition) is 6. The van der Waals surface area contributed by atoms with Gasteiger partial charge in [-0.25, -0.2) is 4.39 Å². The topological polar surface area (TPSA) is 73.3 Å². The molecule has 0 bridgehead atoms. The van der Waals surface area contributed by atoms with Crippen LogP contribution in [-0.2, 0) is 0 Å². The van der Waals surface area contributed by atoms with Gasteiger partial charge in [0.2, 0.25) is 5.82 Å². The third-order valence-corrected chi connectivity index (χ3v) is 5.12. The van der Waals surface area contributed by atoms with E-state index in [2.05, 4.69) is 10.2 Å². The Balaban J connectivity index is 1.46. The molecule has 1 atom stereocenters. The zero-order valence-electron chi connectivity index (χ0n) is 15.3. The summed E-state index contributed by atoms with van der Waals surface area (Å²) in [7, 11) is 0. The molecule has 2 aromatic carbocycles. The van der Waals surface area contributed by atoms with Crippen molar-refractivity contribution in [1.29, 1.82) is 0 Å². The van der Waals surface area contributed by atoms with E-state index in [1.54, 1.807) is 12.3 Å². The highest BCUT2D eigenvalue weighted by Crippen LogP contribution is 2.28. The van der Waals surface area contributed by atoms with Gasteiger partial charge in [-0.2, -0.15) is 0 Å². The van der Waals surface area contributed by atoms with Gasteiger partial charge in [-0.3, -0.25) is 4.57 Å². The number of ether oxygens (including phenoxy) is 1. The Kier molecular flexibility index (Phi) is 5.92. The van der Waals surface area contributed by atoms with Gasteiger partial charge in [-0.05, 0) is 48.5 Å². The average molecular weight is 411 g/mol. The molecule has 0 amide bonds. The molecule has 0 aliphatic rings. The lowest BCUT2D eigenvalue weighted by Crippen LogP contribution is -2.20. The van der Waals surface area contributed by atoms with Crippen molar-refractivity contribution in [2.75, 3.05) is 12.4 Å². The first kappa shape index (κ1) is 19.2. The van der Waals surface area contributed by atoms with Crippen LogP contribution in [0.5, 0.6) is 5.75 Å². The third-order valence-electron chi connectivity index (χ3n) is 4.05. The van der Waals surface area contributed by atoms with E-state index in [1.807, 2.05) is 41.0 Å².